The van der Waals surface area contributed by atoms with Crippen molar-refractivity contribution < 1.29 is 32.1 Å². The van der Waals surface area contributed by atoms with Crippen molar-refractivity contribution in [3.63, 3.8) is 0 Å². The molecule has 1 unspecified atom stereocenters. The normalized spacial score (nSPS) is 19.2. The Hall–Kier alpha value is -2.00. The number of alkyl halides is 3. The summed E-state index contributed by atoms with van der Waals surface area (Å²) in [6.45, 7) is 1.85. The molecule has 0 amide bonds. The average Bonchev–Trinajstić information content (AvgIpc) is 2.76. The molecule has 0 spiro atoms. The summed E-state index contributed by atoms with van der Waals surface area (Å²) in [7, 11) is 1.58. The van der Waals surface area contributed by atoms with Gasteiger partial charge in [0.2, 0.25) is 0 Å². The van der Waals surface area contributed by atoms with Gasteiger partial charge in [0.05, 0.1) is 12.2 Å². The second-order valence-corrected chi connectivity index (χ2v) is 7.68. The summed E-state index contributed by atoms with van der Waals surface area (Å²) in [5, 5.41) is 15.0. The van der Waals surface area contributed by atoms with Gasteiger partial charge in [-0.2, -0.15) is 13.2 Å². The Morgan fingerprint density at radius 1 is 1.16 bits per heavy atom. The first-order valence-electron chi connectivity index (χ1n) is 10.3. The fourth-order valence-electron chi connectivity index (χ4n) is 4.01. The molecule has 2 atom stereocenters. The molecule has 1 saturated heterocycles. The predicted octanol–water partition coefficient (Wildman–Crippen LogP) is 4.50. The van der Waals surface area contributed by atoms with E-state index in [9.17, 15) is 18.3 Å². The third-order valence-corrected chi connectivity index (χ3v) is 5.58. The molecule has 1 aliphatic rings. The first kappa shape index (κ1) is 23.7. The molecule has 0 bridgehead atoms. The first-order valence-corrected chi connectivity index (χ1v) is 10.3. The molecule has 0 saturated carbocycles. The number of rotatable bonds is 8. The Bertz CT molecular complexity index is 868. The van der Waals surface area contributed by atoms with Crippen molar-refractivity contribution in [3.8, 4) is 11.1 Å². The molecular formula is C23H27F4NO3. The molecule has 8 heteroatoms. The van der Waals surface area contributed by atoms with Crippen LogP contribution in [-0.4, -0.2) is 44.6 Å². The fourth-order valence-corrected chi connectivity index (χ4v) is 4.01. The summed E-state index contributed by atoms with van der Waals surface area (Å²) in [6.07, 6.45) is -3.74. The van der Waals surface area contributed by atoms with E-state index in [1.165, 1.54) is 24.3 Å². The van der Waals surface area contributed by atoms with Gasteiger partial charge in [0, 0.05) is 32.4 Å². The highest BCUT2D eigenvalue weighted by atomic mass is 19.4. The maximum absolute atomic E-state index is 15.0. The maximum Gasteiger partial charge on any atom is 0.416 e. The van der Waals surface area contributed by atoms with Crippen LogP contribution in [0.5, 0.6) is 0 Å². The number of nitrogens with one attached hydrogen (secondary N) is 1. The molecule has 3 rings (SSSR count). The number of benzene rings is 2. The zero-order valence-corrected chi connectivity index (χ0v) is 17.3. The van der Waals surface area contributed by atoms with Crippen molar-refractivity contribution in [1.82, 2.24) is 5.32 Å². The second-order valence-electron chi connectivity index (χ2n) is 7.68. The van der Waals surface area contributed by atoms with Crippen LogP contribution in [0.2, 0.25) is 0 Å². The van der Waals surface area contributed by atoms with E-state index in [-0.39, 0.29) is 23.1 Å². The standard InChI is InChI=1S/C23H27F4NO3/c1-30-12-3-2-10-22(29,20-15-28-11-13-31-20)18-8-5-9-19(24)21(18)16-6-4-7-17(14-16)23(25,26)27/h4-9,14,20,28-29H,2-3,10-13,15H2,1H3/t20-,22?/m1/s1. The molecule has 0 aliphatic carbocycles. The van der Waals surface area contributed by atoms with E-state index in [0.717, 1.165) is 12.1 Å². The second kappa shape index (κ2) is 10.1. The van der Waals surface area contributed by atoms with Crippen molar-refractivity contribution in [3.05, 3.63) is 59.4 Å². The van der Waals surface area contributed by atoms with Crippen molar-refractivity contribution in [2.75, 3.05) is 33.4 Å². The van der Waals surface area contributed by atoms with Crippen LogP contribution >= 0.6 is 0 Å². The Kier molecular flexibility index (Phi) is 7.69. The summed E-state index contributed by atoms with van der Waals surface area (Å²) in [4.78, 5) is 0. The lowest BCUT2D eigenvalue weighted by atomic mass is 9.79. The highest BCUT2D eigenvalue weighted by Crippen LogP contribution is 2.41. The molecule has 2 N–H and O–H groups in total. The number of halogens is 4. The van der Waals surface area contributed by atoms with Crippen molar-refractivity contribution in [2.24, 2.45) is 0 Å². The van der Waals surface area contributed by atoms with Crippen LogP contribution in [0.4, 0.5) is 17.6 Å². The number of morpholine rings is 1. The van der Waals surface area contributed by atoms with Crippen LogP contribution in [0.3, 0.4) is 0 Å². The number of unbranched alkanes of at least 4 members (excludes halogenated alkanes) is 1. The largest absolute Gasteiger partial charge is 0.416 e. The van der Waals surface area contributed by atoms with Crippen molar-refractivity contribution in [2.45, 2.75) is 37.1 Å². The van der Waals surface area contributed by atoms with Crippen molar-refractivity contribution in [1.29, 1.82) is 0 Å². The van der Waals surface area contributed by atoms with Gasteiger partial charge >= 0.3 is 6.18 Å². The predicted molar refractivity (Wildman–Crippen MR) is 109 cm³/mol. The van der Waals surface area contributed by atoms with E-state index in [4.69, 9.17) is 9.47 Å². The average molecular weight is 441 g/mol. The highest BCUT2D eigenvalue weighted by Gasteiger charge is 2.42. The first-order chi connectivity index (χ1) is 14.8. The topological polar surface area (TPSA) is 50.7 Å². The quantitative estimate of drug-likeness (QED) is 0.468. The van der Waals surface area contributed by atoms with Gasteiger partial charge in [0.25, 0.3) is 0 Å². The molecule has 31 heavy (non-hydrogen) atoms. The number of ether oxygens (including phenoxy) is 2. The molecule has 2 aromatic carbocycles. The van der Waals surface area contributed by atoms with E-state index < -0.39 is 29.3 Å². The minimum atomic E-state index is -4.56. The highest BCUT2D eigenvalue weighted by molar-refractivity contribution is 5.70. The SMILES string of the molecule is COCCCCC(O)(c1cccc(F)c1-c1cccc(C(F)(F)F)c1)[C@H]1CNCCO1. The van der Waals surface area contributed by atoms with Gasteiger partial charge in [0.1, 0.15) is 17.5 Å². The molecule has 170 valence electrons. The van der Waals surface area contributed by atoms with Crippen LogP contribution in [-0.2, 0) is 21.3 Å². The van der Waals surface area contributed by atoms with Crippen molar-refractivity contribution >= 4 is 0 Å². The zero-order chi connectivity index (χ0) is 22.5. The zero-order valence-electron chi connectivity index (χ0n) is 17.3. The lowest BCUT2D eigenvalue weighted by Gasteiger charge is -2.40. The molecule has 1 aliphatic heterocycles. The Morgan fingerprint density at radius 2 is 1.94 bits per heavy atom. The maximum atomic E-state index is 15.0. The smallest absolute Gasteiger partial charge is 0.385 e. The third-order valence-electron chi connectivity index (χ3n) is 5.58. The summed E-state index contributed by atoms with van der Waals surface area (Å²) in [5.41, 5.74) is -2.23. The number of hydrogen-bond acceptors (Lipinski definition) is 4. The van der Waals surface area contributed by atoms with E-state index in [0.29, 0.717) is 39.1 Å². The molecule has 4 nitrogen and oxygen atoms in total. The third kappa shape index (κ3) is 5.44. The Labute approximate surface area is 179 Å². The van der Waals surface area contributed by atoms with Crippen LogP contribution in [0.25, 0.3) is 11.1 Å². The van der Waals surface area contributed by atoms with Crippen LogP contribution in [0.1, 0.15) is 30.4 Å². The van der Waals surface area contributed by atoms with Gasteiger partial charge in [-0.15, -0.1) is 0 Å². The Balaban J connectivity index is 2.09. The van der Waals surface area contributed by atoms with E-state index in [1.807, 2.05) is 0 Å². The number of methoxy groups -OCH3 is 1. The molecule has 0 aromatic heterocycles. The van der Waals surface area contributed by atoms with Crippen LogP contribution < -0.4 is 5.32 Å². The number of hydrogen-bond donors (Lipinski definition) is 2. The lowest BCUT2D eigenvalue weighted by molar-refractivity contribution is -0.137. The summed E-state index contributed by atoms with van der Waals surface area (Å²) >= 11 is 0. The molecule has 2 aromatic rings. The molecule has 0 radical (unpaired) electrons. The van der Waals surface area contributed by atoms with E-state index in [2.05, 4.69) is 5.32 Å². The van der Waals surface area contributed by atoms with Gasteiger partial charge < -0.3 is 19.9 Å². The van der Waals surface area contributed by atoms with E-state index in [1.54, 1.807) is 13.2 Å². The Morgan fingerprint density at radius 3 is 2.61 bits per heavy atom. The number of aliphatic hydroxyl groups is 1. The van der Waals surface area contributed by atoms with Crippen LogP contribution in [0.15, 0.2) is 42.5 Å². The summed E-state index contributed by atoms with van der Waals surface area (Å²) in [6, 6.07) is 8.71. The van der Waals surface area contributed by atoms with Gasteiger partial charge in [-0.1, -0.05) is 24.3 Å². The van der Waals surface area contributed by atoms with Gasteiger partial charge in [-0.25, -0.2) is 4.39 Å². The molecule has 1 heterocycles. The minimum Gasteiger partial charge on any atom is -0.385 e. The summed E-state index contributed by atoms with van der Waals surface area (Å²) in [5.74, 6) is -0.698. The molecule has 1 fully saturated rings. The summed E-state index contributed by atoms with van der Waals surface area (Å²) < 4.78 is 65.7. The van der Waals surface area contributed by atoms with Crippen LogP contribution in [0, 0.1) is 5.82 Å². The van der Waals surface area contributed by atoms with Gasteiger partial charge in [-0.05, 0) is 48.6 Å². The fraction of sp³-hybridized carbons (Fsp3) is 0.478. The monoisotopic (exact) mass is 441 g/mol. The molecular weight excluding hydrogens is 414 g/mol. The lowest BCUT2D eigenvalue weighted by Crippen LogP contribution is -2.51. The minimum absolute atomic E-state index is 0.0444. The van der Waals surface area contributed by atoms with Gasteiger partial charge in [0.15, 0.2) is 0 Å². The van der Waals surface area contributed by atoms with E-state index >= 15 is 4.39 Å². The van der Waals surface area contributed by atoms with Gasteiger partial charge in [-0.3, -0.25) is 0 Å².